The van der Waals surface area contributed by atoms with E-state index in [1.165, 1.54) is 0 Å². The molecule has 21 heavy (non-hydrogen) atoms. The zero-order chi connectivity index (χ0) is 15.6. The lowest BCUT2D eigenvalue weighted by molar-refractivity contribution is 0.0240. The Hall–Kier alpha value is -2.11. The molecule has 1 fully saturated rings. The van der Waals surface area contributed by atoms with Crippen LogP contribution in [-0.4, -0.2) is 47.9 Å². The van der Waals surface area contributed by atoms with E-state index >= 15 is 0 Å². The number of nitrogens with zero attached hydrogens (tertiary/aromatic N) is 2. The third-order valence-electron chi connectivity index (χ3n) is 3.31. The number of carbonyl (C=O) groups is 1. The van der Waals surface area contributed by atoms with Gasteiger partial charge in [0, 0.05) is 37.9 Å². The highest BCUT2D eigenvalue weighted by Gasteiger charge is 2.26. The van der Waals surface area contributed by atoms with Gasteiger partial charge in [-0.25, -0.2) is 4.79 Å². The van der Waals surface area contributed by atoms with Gasteiger partial charge in [0.2, 0.25) is 0 Å². The fourth-order valence-electron chi connectivity index (χ4n) is 2.20. The summed E-state index contributed by atoms with van der Waals surface area (Å²) in [4.78, 5) is 15.8. The molecule has 0 radical (unpaired) electrons. The van der Waals surface area contributed by atoms with Crippen molar-refractivity contribution in [1.82, 2.24) is 4.90 Å². The van der Waals surface area contributed by atoms with Gasteiger partial charge >= 0.3 is 6.09 Å². The van der Waals surface area contributed by atoms with E-state index in [4.69, 9.17) is 10.5 Å². The van der Waals surface area contributed by atoms with Gasteiger partial charge in [0.1, 0.15) is 11.4 Å². The monoisotopic (exact) mass is 293 g/mol. The summed E-state index contributed by atoms with van der Waals surface area (Å²) in [5, 5.41) is 9.66. The SMILES string of the molecule is CC(C)(C)OC(=O)N1CCN(c2ccc(N)c(O)c2)CC1. The maximum atomic E-state index is 12.0. The number of nitrogen functional groups attached to an aromatic ring is 1. The molecule has 0 bridgehead atoms. The normalized spacial score (nSPS) is 16.0. The van der Waals surface area contributed by atoms with Gasteiger partial charge in [-0.2, -0.15) is 0 Å². The second kappa shape index (κ2) is 5.71. The molecule has 1 saturated heterocycles. The minimum absolute atomic E-state index is 0.0853. The van der Waals surface area contributed by atoms with Crippen molar-refractivity contribution in [2.45, 2.75) is 26.4 Å². The van der Waals surface area contributed by atoms with E-state index in [0.717, 1.165) is 5.69 Å². The van der Waals surface area contributed by atoms with Crippen molar-refractivity contribution in [3.63, 3.8) is 0 Å². The Bertz CT molecular complexity index is 517. The Labute approximate surface area is 125 Å². The molecule has 1 aromatic rings. The highest BCUT2D eigenvalue weighted by Crippen LogP contribution is 2.27. The number of hydrogen-bond acceptors (Lipinski definition) is 5. The number of anilines is 2. The highest BCUT2D eigenvalue weighted by atomic mass is 16.6. The summed E-state index contributed by atoms with van der Waals surface area (Å²) in [6.07, 6.45) is -0.276. The molecular formula is C15H23N3O3. The summed E-state index contributed by atoms with van der Waals surface area (Å²) in [6, 6.07) is 5.21. The number of amides is 1. The number of aromatic hydroxyl groups is 1. The molecule has 1 aromatic carbocycles. The zero-order valence-electron chi connectivity index (χ0n) is 12.8. The number of hydrogen-bond donors (Lipinski definition) is 2. The third kappa shape index (κ3) is 3.93. The smallest absolute Gasteiger partial charge is 0.410 e. The molecule has 0 unspecified atom stereocenters. The first-order valence-corrected chi connectivity index (χ1v) is 7.07. The van der Waals surface area contributed by atoms with E-state index in [9.17, 15) is 9.90 Å². The maximum Gasteiger partial charge on any atom is 0.410 e. The lowest BCUT2D eigenvalue weighted by atomic mass is 10.2. The van der Waals surface area contributed by atoms with E-state index in [-0.39, 0.29) is 11.8 Å². The largest absolute Gasteiger partial charge is 0.506 e. The van der Waals surface area contributed by atoms with Crippen LogP contribution in [0.2, 0.25) is 0 Å². The minimum atomic E-state index is -0.475. The number of piperazine rings is 1. The van der Waals surface area contributed by atoms with Crippen LogP contribution in [0.5, 0.6) is 5.75 Å². The Morgan fingerprint density at radius 2 is 1.86 bits per heavy atom. The van der Waals surface area contributed by atoms with Crippen LogP contribution in [0.1, 0.15) is 20.8 Å². The van der Waals surface area contributed by atoms with Crippen LogP contribution in [0.4, 0.5) is 16.2 Å². The van der Waals surface area contributed by atoms with Crippen LogP contribution in [0.25, 0.3) is 0 Å². The number of rotatable bonds is 1. The molecule has 1 heterocycles. The van der Waals surface area contributed by atoms with Gasteiger partial charge in [0.15, 0.2) is 0 Å². The summed E-state index contributed by atoms with van der Waals surface area (Å²) >= 11 is 0. The number of phenolic OH excluding ortho intramolecular Hbond substituents is 1. The van der Waals surface area contributed by atoms with Gasteiger partial charge < -0.3 is 25.4 Å². The number of benzene rings is 1. The molecule has 2 rings (SSSR count). The summed E-state index contributed by atoms with van der Waals surface area (Å²) in [5.41, 5.74) is 6.40. The minimum Gasteiger partial charge on any atom is -0.506 e. The van der Waals surface area contributed by atoms with Gasteiger partial charge in [-0.3, -0.25) is 0 Å². The van der Waals surface area contributed by atoms with Crippen LogP contribution in [0.15, 0.2) is 18.2 Å². The third-order valence-corrected chi connectivity index (χ3v) is 3.31. The molecule has 6 nitrogen and oxygen atoms in total. The van der Waals surface area contributed by atoms with Gasteiger partial charge in [0.25, 0.3) is 0 Å². The summed E-state index contributed by atoms with van der Waals surface area (Å²) < 4.78 is 5.36. The quantitative estimate of drug-likeness (QED) is 0.612. The van der Waals surface area contributed by atoms with E-state index in [1.807, 2.05) is 26.8 Å². The fourth-order valence-corrected chi connectivity index (χ4v) is 2.20. The maximum absolute atomic E-state index is 12.0. The predicted octanol–water partition coefficient (Wildman–Crippen LogP) is 2.03. The first kappa shape index (κ1) is 15.3. The summed E-state index contributed by atoms with van der Waals surface area (Å²) in [7, 11) is 0. The number of nitrogens with two attached hydrogens (primary N) is 1. The summed E-state index contributed by atoms with van der Waals surface area (Å²) in [5.74, 6) is 0.0853. The van der Waals surface area contributed by atoms with E-state index in [0.29, 0.717) is 31.9 Å². The molecule has 3 N–H and O–H groups in total. The molecule has 0 spiro atoms. The number of carbonyl (C=O) groups excluding carboxylic acids is 1. The zero-order valence-corrected chi connectivity index (χ0v) is 12.8. The topological polar surface area (TPSA) is 79.0 Å². The number of phenols is 1. The van der Waals surface area contributed by atoms with Crippen molar-refractivity contribution < 1.29 is 14.6 Å². The predicted molar refractivity (Wildman–Crippen MR) is 82.5 cm³/mol. The van der Waals surface area contributed by atoms with Crippen LogP contribution in [0, 0.1) is 0 Å². The second-order valence-electron chi connectivity index (χ2n) is 6.20. The molecule has 0 aromatic heterocycles. The average Bonchev–Trinajstić information content (AvgIpc) is 2.40. The fraction of sp³-hybridized carbons (Fsp3) is 0.533. The van der Waals surface area contributed by atoms with Crippen molar-refractivity contribution in [2.24, 2.45) is 0 Å². The molecule has 0 aliphatic carbocycles. The van der Waals surface area contributed by atoms with Crippen LogP contribution >= 0.6 is 0 Å². The van der Waals surface area contributed by atoms with Crippen molar-refractivity contribution in [3.05, 3.63) is 18.2 Å². The first-order chi connectivity index (χ1) is 9.76. The van der Waals surface area contributed by atoms with Gasteiger partial charge in [-0.15, -0.1) is 0 Å². The second-order valence-corrected chi connectivity index (χ2v) is 6.20. The van der Waals surface area contributed by atoms with Gasteiger partial charge in [-0.05, 0) is 32.9 Å². The average molecular weight is 293 g/mol. The lowest BCUT2D eigenvalue weighted by Gasteiger charge is -2.36. The Morgan fingerprint density at radius 3 is 2.38 bits per heavy atom. The van der Waals surface area contributed by atoms with Crippen molar-refractivity contribution in [2.75, 3.05) is 36.8 Å². The molecule has 0 saturated carbocycles. The van der Waals surface area contributed by atoms with Crippen molar-refractivity contribution in [1.29, 1.82) is 0 Å². The molecular weight excluding hydrogens is 270 g/mol. The standard InChI is InChI=1S/C15H23N3O3/c1-15(2,3)21-14(20)18-8-6-17(7-9-18)11-4-5-12(16)13(19)10-11/h4-5,10,19H,6-9,16H2,1-3H3. The molecule has 116 valence electrons. The van der Waals surface area contributed by atoms with Crippen LogP contribution in [-0.2, 0) is 4.74 Å². The van der Waals surface area contributed by atoms with Crippen molar-refractivity contribution in [3.8, 4) is 5.75 Å². The molecule has 1 amide bonds. The van der Waals surface area contributed by atoms with Crippen LogP contribution in [0.3, 0.4) is 0 Å². The molecule has 6 heteroatoms. The first-order valence-electron chi connectivity index (χ1n) is 7.07. The van der Waals surface area contributed by atoms with Gasteiger partial charge in [0.05, 0.1) is 5.69 Å². The summed E-state index contributed by atoms with van der Waals surface area (Å²) in [6.45, 7) is 8.17. The van der Waals surface area contributed by atoms with Gasteiger partial charge in [-0.1, -0.05) is 0 Å². The van der Waals surface area contributed by atoms with E-state index in [2.05, 4.69) is 4.90 Å². The Morgan fingerprint density at radius 1 is 1.24 bits per heavy atom. The molecule has 0 atom stereocenters. The van der Waals surface area contributed by atoms with E-state index in [1.54, 1.807) is 17.0 Å². The Kier molecular flexibility index (Phi) is 4.16. The Balaban J connectivity index is 1.94. The van der Waals surface area contributed by atoms with Crippen molar-refractivity contribution >= 4 is 17.5 Å². The van der Waals surface area contributed by atoms with Crippen LogP contribution < -0.4 is 10.6 Å². The number of ether oxygens (including phenoxy) is 1. The van der Waals surface area contributed by atoms with E-state index < -0.39 is 5.60 Å². The highest BCUT2D eigenvalue weighted by molar-refractivity contribution is 5.69. The lowest BCUT2D eigenvalue weighted by Crippen LogP contribution is -2.50. The molecule has 1 aliphatic heterocycles. The molecule has 1 aliphatic rings.